The summed E-state index contributed by atoms with van der Waals surface area (Å²) in [5.74, 6) is -0.257. The molecule has 1 atom stereocenters. The summed E-state index contributed by atoms with van der Waals surface area (Å²) in [6.45, 7) is 3.32. The highest BCUT2D eigenvalue weighted by molar-refractivity contribution is 6.08. The maximum atomic E-state index is 10.3. The van der Waals surface area contributed by atoms with Crippen molar-refractivity contribution in [3.05, 3.63) is 0 Å². The topological polar surface area (TPSA) is 26.3 Å². The van der Waals surface area contributed by atoms with Gasteiger partial charge in [-0.15, -0.1) is 0 Å². The third-order valence-corrected chi connectivity index (χ3v) is 1.05. The molecule has 3 heteroatoms. The molecule has 0 spiro atoms. The van der Waals surface area contributed by atoms with E-state index in [1.807, 2.05) is 6.92 Å². The molecule has 2 radical (unpaired) electrons. The van der Waals surface area contributed by atoms with E-state index in [4.69, 9.17) is 12.6 Å². The molecule has 0 aliphatic heterocycles. The first-order chi connectivity index (χ1) is 4.20. The molecular formula is C6H11BO2. The summed E-state index contributed by atoms with van der Waals surface area (Å²) in [7, 11) is 5.25. The van der Waals surface area contributed by atoms with Gasteiger partial charge < -0.3 is 4.74 Å². The van der Waals surface area contributed by atoms with Crippen molar-refractivity contribution < 1.29 is 9.53 Å². The average molecular weight is 126 g/mol. The molecule has 0 heterocycles. The minimum Gasteiger partial charge on any atom is -0.463 e. The van der Waals surface area contributed by atoms with Crippen LogP contribution in [0.25, 0.3) is 0 Å². The number of carbonyl (C=O) groups excluding carboxylic acids is 1. The van der Waals surface area contributed by atoms with Crippen LogP contribution in [0.1, 0.15) is 20.3 Å². The second kappa shape index (κ2) is 4.42. The molecule has 0 amide bonds. The monoisotopic (exact) mass is 126 g/mol. The van der Waals surface area contributed by atoms with E-state index >= 15 is 0 Å². The van der Waals surface area contributed by atoms with Crippen LogP contribution in [0.2, 0.25) is 6.32 Å². The number of esters is 1. The molecule has 0 rings (SSSR count). The molecular weight excluding hydrogens is 115 g/mol. The van der Waals surface area contributed by atoms with Crippen molar-refractivity contribution in [2.45, 2.75) is 32.7 Å². The lowest BCUT2D eigenvalue weighted by molar-refractivity contribution is -0.145. The number of hydrogen-bond donors (Lipinski definition) is 0. The van der Waals surface area contributed by atoms with Gasteiger partial charge in [-0.2, -0.15) is 0 Å². The summed E-state index contributed by atoms with van der Waals surface area (Å²) in [4.78, 5) is 10.3. The van der Waals surface area contributed by atoms with Gasteiger partial charge in [0.15, 0.2) is 0 Å². The van der Waals surface area contributed by atoms with Crippen molar-refractivity contribution in [2.75, 3.05) is 0 Å². The van der Waals surface area contributed by atoms with Crippen LogP contribution in [0.4, 0.5) is 0 Å². The van der Waals surface area contributed by atoms with E-state index in [1.165, 1.54) is 6.92 Å². The van der Waals surface area contributed by atoms with Crippen molar-refractivity contribution >= 4 is 13.8 Å². The zero-order valence-electron chi connectivity index (χ0n) is 5.89. The molecule has 2 nitrogen and oxygen atoms in total. The van der Waals surface area contributed by atoms with Gasteiger partial charge in [-0.3, -0.25) is 4.79 Å². The van der Waals surface area contributed by atoms with Crippen LogP contribution in [0.15, 0.2) is 0 Å². The van der Waals surface area contributed by atoms with Gasteiger partial charge in [-0.05, 0) is 6.42 Å². The molecule has 0 saturated carbocycles. The summed E-state index contributed by atoms with van der Waals surface area (Å²) < 4.78 is 4.78. The van der Waals surface area contributed by atoms with E-state index in [9.17, 15) is 4.79 Å². The highest BCUT2D eigenvalue weighted by Crippen LogP contribution is 2.00. The summed E-state index contributed by atoms with van der Waals surface area (Å²) in [5.41, 5.74) is 0. The number of hydrogen-bond acceptors (Lipinski definition) is 2. The Morgan fingerprint density at radius 1 is 1.78 bits per heavy atom. The molecule has 0 aromatic rings. The zero-order chi connectivity index (χ0) is 7.28. The van der Waals surface area contributed by atoms with Crippen LogP contribution >= 0.6 is 0 Å². The SMILES string of the molecule is [B]CC(CC)OC(C)=O. The Hall–Kier alpha value is -0.465. The Kier molecular flexibility index (Phi) is 4.19. The Morgan fingerprint density at radius 2 is 2.33 bits per heavy atom. The lowest BCUT2D eigenvalue weighted by atomic mass is 9.98. The first-order valence-electron chi connectivity index (χ1n) is 3.08. The molecule has 1 unspecified atom stereocenters. The molecule has 0 aliphatic carbocycles. The number of rotatable bonds is 3. The summed E-state index contributed by atoms with van der Waals surface area (Å²) in [6, 6.07) is 0. The predicted molar refractivity (Wildman–Crippen MR) is 36.4 cm³/mol. The molecule has 9 heavy (non-hydrogen) atoms. The van der Waals surface area contributed by atoms with E-state index in [0.29, 0.717) is 6.32 Å². The van der Waals surface area contributed by atoms with Crippen molar-refractivity contribution in [3.63, 3.8) is 0 Å². The minimum absolute atomic E-state index is 0.0949. The Morgan fingerprint density at radius 3 is 2.44 bits per heavy atom. The summed E-state index contributed by atoms with van der Waals surface area (Å²) in [6.07, 6.45) is 1.11. The van der Waals surface area contributed by atoms with Crippen molar-refractivity contribution in [1.29, 1.82) is 0 Å². The third kappa shape index (κ3) is 4.07. The fourth-order valence-electron chi connectivity index (χ4n) is 0.533. The van der Waals surface area contributed by atoms with Gasteiger partial charge in [-0.1, -0.05) is 13.2 Å². The highest BCUT2D eigenvalue weighted by atomic mass is 16.5. The fourth-order valence-corrected chi connectivity index (χ4v) is 0.533. The van der Waals surface area contributed by atoms with Gasteiger partial charge in [0.2, 0.25) is 0 Å². The number of ether oxygens (including phenoxy) is 1. The van der Waals surface area contributed by atoms with Gasteiger partial charge in [0.1, 0.15) is 0 Å². The molecule has 0 fully saturated rings. The van der Waals surface area contributed by atoms with Crippen molar-refractivity contribution in [3.8, 4) is 0 Å². The lowest BCUT2D eigenvalue weighted by Crippen LogP contribution is -2.13. The molecule has 0 bridgehead atoms. The van der Waals surface area contributed by atoms with Gasteiger partial charge in [0, 0.05) is 6.92 Å². The second-order valence-corrected chi connectivity index (χ2v) is 1.88. The smallest absolute Gasteiger partial charge is 0.302 e. The standard InChI is InChI=1S/C6H11BO2/c1-3-6(4-7)9-5(2)8/h6H,3-4H2,1-2H3. The first-order valence-corrected chi connectivity index (χ1v) is 3.08. The van der Waals surface area contributed by atoms with Crippen LogP contribution in [-0.2, 0) is 9.53 Å². The summed E-state index contributed by atoms with van der Waals surface area (Å²) in [5, 5.41) is 0. The Balaban J connectivity index is 3.43. The number of carbonyl (C=O) groups is 1. The average Bonchev–Trinajstić information content (AvgIpc) is 1.82. The van der Waals surface area contributed by atoms with E-state index in [-0.39, 0.29) is 12.1 Å². The van der Waals surface area contributed by atoms with Crippen LogP contribution < -0.4 is 0 Å². The van der Waals surface area contributed by atoms with Crippen LogP contribution in [0.3, 0.4) is 0 Å². The lowest BCUT2D eigenvalue weighted by Gasteiger charge is -2.11. The van der Waals surface area contributed by atoms with Crippen LogP contribution in [-0.4, -0.2) is 19.9 Å². The van der Waals surface area contributed by atoms with Gasteiger partial charge in [0.05, 0.1) is 14.0 Å². The van der Waals surface area contributed by atoms with Crippen LogP contribution in [0.5, 0.6) is 0 Å². The zero-order valence-corrected chi connectivity index (χ0v) is 5.89. The molecule has 0 aromatic heterocycles. The second-order valence-electron chi connectivity index (χ2n) is 1.88. The minimum atomic E-state index is -0.257. The normalized spacial score (nSPS) is 12.7. The highest BCUT2D eigenvalue weighted by Gasteiger charge is 2.04. The van der Waals surface area contributed by atoms with E-state index < -0.39 is 0 Å². The first kappa shape index (κ1) is 8.53. The maximum absolute atomic E-state index is 10.3. The van der Waals surface area contributed by atoms with Crippen molar-refractivity contribution in [2.24, 2.45) is 0 Å². The Bertz CT molecular complexity index is 89.1. The van der Waals surface area contributed by atoms with E-state index in [1.54, 1.807) is 0 Å². The molecule has 50 valence electrons. The van der Waals surface area contributed by atoms with Gasteiger partial charge in [0.25, 0.3) is 0 Å². The van der Waals surface area contributed by atoms with E-state index in [2.05, 4.69) is 0 Å². The largest absolute Gasteiger partial charge is 0.463 e. The fraction of sp³-hybridized carbons (Fsp3) is 0.833. The summed E-state index contributed by atoms with van der Waals surface area (Å²) >= 11 is 0. The molecule has 0 aromatic carbocycles. The van der Waals surface area contributed by atoms with Gasteiger partial charge in [-0.25, -0.2) is 0 Å². The third-order valence-electron chi connectivity index (χ3n) is 1.05. The van der Waals surface area contributed by atoms with Gasteiger partial charge >= 0.3 is 5.97 Å². The maximum Gasteiger partial charge on any atom is 0.302 e. The van der Waals surface area contributed by atoms with Crippen LogP contribution in [0, 0.1) is 0 Å². The molecule has 0 saturated heterocycles. The van der Waals surface area contributed by atoms with E-state index in [0.717, 1.165) is 6.42 Å². The van der Waals surface area contributed by atoms with Crippen molar-refractivity contribution in [1.82, 2.24) is 0 Å². The molecule has 0 aliphatic rings. The quantitative estimate of drug-likeness (QED) is 0.415. The Labute approximate surface area is 57.0 Å². The molecule has 0 N–H and O–H groups in total. The predicted octanol–water partition coefficient (Wildman–Crippen LogP) is 0.915.